The summed E-state index contributed by atoms with van der Waals surface area (Å²) < 4.78 is 16.4. The van der Waals surface area contributed by atoms with Crippen LogP contribution < -0.4 is 9.47 Å². The number of rotatable bonds is 6. The van der Waals surface area contributed by atoms with Crippen molar-refractivity contribution in [2.45, 2.75) is 20.0 Å². The molecule has 0 aliphatic heterocycles. The van der Waals surface area contributed by atoms with Gasteiger partial charge in [0.25, 0.3) is 0 Å². The van der Waals surface area contributed by atoms with E-state index in [1.165, 1.54) is 11.2 Å². The van der Waals surface area contributed by atoms with Crippen LogP contribution in [0.15, 0.2) is 47.2 Å². The van der Waals surface area contributed by atoms with E-state index in [9.17, 15) is 0 Å². The molecule has 4 aromatic rings. The first-order chi connectivity index (χ1) is 12.8. The van der Waals surface area contributed by atoms with E-state index in [4.69, 9.17) is 14.0 Å². The summed E-state index contributed by atoms with van der Waals surface area (Å²) in [6, 6.07) is 11.6. The van der Waals surface area contributed by atoms with Crippen LogP contribution >= 0.6 is 11.3 Å². The zero-order valence-corrected chi connectivity index (χ0v) is 15.2. The number of nitrogens with zero attached hydrogens (tertiary/aromatic N) is 3. The molecule has 0 N–H and O–H groups in total. The molecule has 0 bridgehead atoms. The van der Waals surface area contributed by atoms with Crippen LogP contribution in [0.1, 0.15) is 17.6 Å². The van der Waals surface area contributed by atoms with Crippen LogP contribution in [0.2, 0.25) is 0 Å². The lowest BCUT2D eigenvalue weighted by Crippen LogP contribution is -1.96. The second-order valence-corrected chi connectivity index (χ2v) is 6.77. The fourth-order valence-electron chi connectivity index (χ4n) is 2.59. The van der Waals surface area contributed by atoms with E-state index in [2.05, 4.69) is 28.1 Å². The average molecular weight is 367 g/mol. The minimum Gasteiger partial charge on any atom is -0.497 e. The van der Waals surface area contributed by atoms with Crippen molar-refractivity contribution >= 4 is 21.6 Å². The van der Waals surface area contributed by atoms with Crippen LogP contribution in [0.4, 0.5) is 0 Å². The van der Waals surface area contributed by atoms with Crippen LogP contribution in [0.3, 0.4) is 0 Å². The molecule has 132 valence electrons. The predicted molar refractivity (Wildman–Crippen MR) is 99.6 cm³/mol. The minimum absolute atomic E-state index is 0.257. The van der Waals surface area contributed by atoms with Gasteiger partial charge in [-0.05, 0) is 36.8 Å². The first-order valence-electron chi connectivity index (χ1n) is 8.23. The zero-order valence-electron chi connectivity index (χ0n) is 14.4. The lowest BCUT2D eigenvalue weighted by molar-refractivity contribution is 0.244. The third-order valence-corrected chi connectivity index (χ3v) is 5.18. The summed E-state index contributed by atoms with van der Waals surface area (Å²) in [4.78, 5) is 10.7. The molecule has 3 heterocycles. The van der Waals surface area contributed by atoms with Crippen molar-refractivity contribution in [3.05, 3.63) is 53.4 Å². The van der Waals surface area contributed by atoms with Crippen molar-refractivity contribution in [3.8, 4) is 22.9 Å². The maximum Gasteiger partial charge on any atom is 0.225 e. The van der Waals surface area contributed by atoms with E-state index in [1.807, 2.05) is 30.3 Å². The van der Waals surface area contributed by atoms with Crippen LogP contribution in [-0.2, 0) is 13.0 Å². The molecule has 0 amide bonds. The highest BCUT2D eigenvalue weighted by Crippen LogP contribution is 2.30. The molecule has 26 heavy (non-hydrogen) atoms. The maximum atomic E-state index is 5.85. The van der Waals surface area contributed by atoms with E-state index in [0.29, 0.717) is 11.6 Å². The third-order valence-electron chi connectivity index (χ3n) is 3.99. The number of aromatic nitrogens is 3. The Morgan fingerprint density at radius 2 is 1.96 bits per heavy atom. The highest BCUT2D eigenvalue weighted by Gasteiger charge is 2.12. The Morgan fingerprint density at radius 1 is 1.12 bits per heavy atom. The minimum atomic E-state index is 0.257. The molecule has 0 saturated carbocycles. The molecule has 1 aromatic carbocycles. The number of thiophene rings is 1. The van der Waals surface area contributed by atoms with Gasteiger partial charge in [-0.2, -0.15) is 0 Å². The topological polar surface area (TPSA) is 70.3 Å². The van der Waals surface area contributed by atoms with Gasteiger partial charge in [0, 0.05) is 16.5 Å². The molecule has 0 saturated heterocycles. The zero-order chi connectivity index (χ0) is 17.9. The van der Waals surface area contributed by atoms with E-state index in [1.54, 1.807) is 18.4 Å². The molecule has 7 heteroatoms. The molecule has 0 unspecified atom stereocenters. The largest absolute Gasteiger partial charge is 0.497 e. The summed E-state index contributed by atoms with van der Waals surface area (Å²) in [5.41, 5.74) is 1.71. The van der Waals surface area contributed by atoms with E-state index < -0.39 is 0 Å². The molecule has 0 aliphatic rings. The van der Waals surface area contributed by atoms with Crippen LogP contribution in [0, 0.1) is 0 Å². The van der Waals surface area contributed by atoms with Gasteiger partial charge in [-0.3, -0.25) is 0 Å². The summed E-state index contributed by atoms with van der Waals surface area (Å²) >= 11 is 1.66. The standard InChI is InChI=1S/C19H17N3O3S/c1-3-15-9-16-18(20-11-21-19(16)26-15)24-10-14-8-17(22-25-14)12-4-6-13(23-2)7-5-12/h4-9,11H,3,10H2,1-2H3. The predicted octanol–water partition coefficient (Wildman–Crippen LogP) is 4.50. The molecule has 0 fully saturated rings. The number of hydrogen-bond acceptors (Lipinski definition) is 7. The normalized spacial score (nSPS) is 11.0. The van der Waals surface area contributed by atoms with Crippen molar-refractivity contribution in [3.63, 3.8) is 0 Å². The Labute approximate surface area is 154 Å². The van der Waals surface area contributed by atoms with E-state index in [0.717, 1.165) is 33.6 Å². The number of methoxy groups -OCH3 is 1. The summed E-state index contributed by atoms with van der Waals surface area (Å²) in [5, 5.41) is 5.04. The van der Waals surface area contributed by atoms with Gasteiger partial charge in [0.15, 0.2) is 12.4 Å². The Morgan fingerprint density at radius 3 is 2.73 bits per heavy atom. The first-order valence-corrected chi connectivity index (χ1v) is 9.04. The average Bonchev–Trinajstić information content (AvgIpc) is 3.33. The quantitative estimate of drug-likeness (QED) is 0.500. The fourth-order valence-corrected chi connectivity index (χ4v) is 3.52. The summed E-state index contributed by atoms with van der Waals surface area (Å²) in [7, 11) is 1.64. The molecule has 0 aliphatic carbocycles. The lowest BCUT2D eigenvalue weighted by Gasteiger charge is -2.02. The van der Waals surface area contributed by atoms with Crippen molar-refractivity contribution in [2.75, 3.05) is 7.11 Å². The fraction of sp³-hybridized carbons (Fsp3) is 0.211. The van der Waals surface area contributed by atoms with Crippen molar-refractivity contribution in [1.82, 2.24) is 15.1 Å². The highest BCUT2D eigenvalue weighted by molar-refractivity contribution is 7.18. The van der Waals surface area contributed by atoms with Crippen LogP contribution in [-0.4, -0.2) is 22.2 Å². The van der Waals surface area contributed by atoms with E-state index in [-0.39, 0.29) is 6.61 Å². The first kappa shape index (κ1) is 16.5. The Bertz CT molecular complexity index is 1020. The molecule has 4 rings (SSSR count). The van der Waals surface area contributed by atoms with Gasteiger partial charge in [0.2, 0.25) is 5.88 Å². The van der Waals surface area contributed by atoms with Crippen LogP contribution in [0.25, 0.3) is 21.5 Å². The highest BCUT2D eigenvalue weighted by atomic mass is 32.1. The smallest absolute Gasteiger partial charge is 0.225 e. The number of hydrogen-bond donors (Lipinski definition) is 0. The molecule has 0 radical (unpaired) electrons. The van der Waals surface area contributed by atoms with Crippen LogP contribution in [0.5, 0.6) is 11.6 Å². The Hall–Kier alpha value is -2.93. The Kier molecular flexibility index (Phi) is 4.53. The molecular weight excluding hydrogens is 350 g/mol. The molecule has 3 aromatic heterocycles. The number of ether oxygens (including phenoxy) is 2. The monoisotopic (exact) mass is 367 g/mol. The van der Waals surface area contributed by atoms with E-state index >= 15 is 0 Å². The number of benzene rings is 1. The summed E-state index contributed by atoms with van der Waals surface area (Å²) in [5.74, 6) is 2.00. The van der Waals surface area contributed by atoms with Gasteiger partial charge in [-0.15, -0.1) is 11.3 Å². The van der Waals surface area contributed by atoms with Gasteiger partial charge >= 0.3 is 0 Å². The van der Waals surface area contributed by atoms with Crippen molar-refractivity contribution in [2.24, 2.45) is 0 Å². The summed E-state index contributed by atoms with van der Waals surface area (Å²) in [6.07, 6.45) is 2.49. The van der Waals surface area contributed by atoms with Gasteiger partial charge in [-0.25, -0.2) is 9.97 Å². The maximum absolute atomic E-state index is 5.85. The lowest BCUT2D eigenvalue weighted by atomic mass is 10.1. The molecule has 6 nitrogen and oxygen atoms in total. The Balaban J connectivity index is 1.50. The number of fused-ring (bicyclic) bond motifs is 1. The second kappa shape index (κ2) is 7.13. The molecular formula is C19H17N3O3S. The van der Waals surface area contributed by atoms with Crippen molar-refractivity contribution in [1.29, 1.82) is 0 Å². The molecule has 0 atom stereocenters. The van der Waals surface area contributed by atoms with Gasteiger partial charge in [0.05, 0.1) is 12.5 Å². The third kappa shape index (κ3) is 3.25. The summed E-state index contributed by atoms with van der Waals surface area (Å²) in [6.45, 7) is 2.38. The van der Waals surface area contributed by atoms with Gasteiger partial charge in [-0.1, -0.05) is 12.1 Å². The molecule has 0 spiro atoms. The van der Waals surface area contributed by atoms with Crippen molar-refractivity contribution < 1.29 is 14.0 Å². The van der Waals surface area contributed by atoms with Gasteiger partial charge < -0.3 is 14.0 Å². The SMILES string of the molecule is CCc1cc2c(OCc3cc(-c4ccc(OC)cc4)no3)ncnc2s1. The second-order valence-electron chi connectivity index (χ2n) is 5.66. The number of aryl methyl sites for hydroxylation is 1. The van der Waals surface area contributed by atoms with Gasteiger partial charge in [0.1, 0.15) is 22.6 Å².